The van der Waals surface area contributed by atoms with E-state index in [2.05, 4.69) is 18.0 Å². The molecule has 0 amide bonds. The lowest BCUT2D eigenvalue weighted by atomic mass is 10.1. The van der Waals surface area contributed by atoms with Gasteiger partial charge in [0.2, 0.25) is 0 Å². The van der Waals surface area contributed by atoms with Gasteiger partial charge < -0.3 is 5.73 Å². The average molecular weight is 221 g/mol. The number of nitrogen functional groups attached to an aromatic ring is 1. The molecule has 1 aromatic carbocycles. The zero-order valence-electron chi connectivity index (χ0n) is 8.63. The number of hydrogen-bond acceptors (Lipinski definition) is 2. The Morgan fingerprint density at radius 1 is 1.33 bits per heavy atom. The van der Waals surface area contributed by atoms with Crippen LogP contribution in [0.2, 0.25) is 5.02 Å². The van der Waals surface area contributed by atoms with E-state index >= 15 is 0 Å². The van der Waals surface area contributed by atoms with Crippen LogP contribution in [0.1, 0.15) is 18.9 Å². The number of benzene rings is 1. The smallest absolute Gasteiger partial charge is 0.127 e. The Morgan fingerprint density at radius 3 is 2.87 bits per heavy atom. The van der Waals surface area contributed by atoms with E-state index < -0.39 is 0 Å². The molecule has 78 valence electrons. The number of hydrogen-bond donors (Lipinski definition) is 1. The molecule has 0 spiro atoms. The van der Waals surface area contributed by atoms with E-state index in [0.29, 0.717) is 10.8 Å². The summed E-state index contributed by atoms with van der Waals surface area (Å²) in [5.41, 5.74) is 7.85. The minimum Gasteiger partial charge on any atom is -0.383 e. The van der Waals surface area contributed by atoms with Gasteiger partial charge in [-0.15, -0.1) is 0 Å². The molecular formula is C12H13ClN2. The fraction of sp³-hybridized carbons (Fsp3) is 0.250. The maximum absolute atomic E-state index is 5.89. The van der Waals surface area contributed by atoms with Gasteiger partial charge in [-0.05, 0) is 30.2 Å². The topological polar surface area (TPSA) is 38.9 Å². The lowest BCUT2D eigenvalue weighted by Gasteiger charge is -2.06. The molecule has 0 aliphatic rings. The normalized spacial score (nSPS) is 10.8. The van der Waals surface area contributed by atoms with E-state index in [1.54, 1.807) is 0 Å². The molecule has 0 saturated carbocycles. The predicted molar refractivity (Wildman–Crippen MR) is 65.2 cm³/mol. The van der Waals surface area contributed by atoms with Crippen molar-refractivity contribution >= 4 is 28.3 Å². The third-order valence-corrected chi connectivity index (χ3v) is 2.65. The molecule has 2 N–H and O–H groups in total. The predicted octanol–water partition coefficient (Wildman–Crippen LogP) is 3.42. The highest BCUT2D eigenvalue weighted by Gasteiger charge is 2.03. The molecule has 2 rings (SSSR count). The van der Waals surface area contributed by atoms with Crippen molar-refractivity contribution in [2.45, 2.75) is 19.8 Å². The zero-order valence-corrected chi connectivity index (χ0v) is 9.38. The summed E-state index contributed by atoms with van der Waals surface area (Å²) in [5, 5.41) is 1.79. The van der Waals surface area contributed by atoms with Crippen LogP contribution in [0.4, 0.5) is 5.82 Å². The molecule has 0 radical (unpaired) electrons. The number of nitrogens with zero attached hydrogens (tertiary/aromatic N) is 1. The van der Waals surface area contributed by atoms with E-state index in [4.69, 9.17) is 17.3 Å². The Hall–Kier alpha value is -1.28. The molecule has 2 nitrogen and oxygen atoms in total. The van der Waals surface area contributed by atoms with Crippen molar-refractivity contribution in [2.24, 2.45) is 0 Å². The van der Waals surface area contributed by atoms with E-state index in [1.807, 2.05) is 18.2 Å². The number of nitrogens with two attached hydrogens (primary N) is 1. The van der Waals surface area contributed by atoms with Crippen LogP contribution in [0.3, 0.4) is 0 Å². The summed E-state index contributed by atoms with van der Waals surface area (Å²) in [6.45, 7) is 2.13. The number of rotatable bonds is 2. The Bertz CT molecular complexity index is 494. The second-order valence-corrected chi connectivity index (χ2v) is 4.06. The van der Waals surface area contributed by atoms with Gasteiger partial charge in [-0.1, -0.05) is 31.0 Å². The van der Waals surface area contributed by atoms with Gasteiger partial charge in [0.1, 0.15) is 5.82 Å². The summed E-state index contributed by atoms with van der Waals surface area (Å²) in [4.78, 5) is 4.35. The van der Waals surface area contributed by atoms with Gasteiger partial charge in [0.05, 0.1) is 5.52 Å². The number of anilines is 1. The third kappa shape index (κ3) is 2.05. The maximum atomic E-state index is 5.89. The van der Waals surface area contributed by atoms with E-state index in [-0.39, 0.29) is 0 Å². The van der Waals surface area contributed by atoms with Gasteiger partial charge in [0, 0.05) is 10.4 Å². The molecule has 0 aliphatic carbocycles. The Morgan fingerprint density at radius 2 is 2.13 bits per heavy atom. The molecule has 0 fully saturated rings. The maximum Gasteiger partial charge on any atom is 0.127 e. The molecule has 0 unspecified atom stereocenters. The highest BCUT2D eigenvalue weighted by atomic mass is 35.5. The van der Waals surface area contributed by atoms with Crippen molar-refractivity contribution < 1.29 is 0 Å². The van der Waals surface area contributed by atoms with Crippen molar-refractivity contribution in [2.75, 3.05) is 5.73 Å². The molecule has 0 atom stereocenters. The Labute approximate surface area is 94.1 Å². The number of pyridine rings is 1. The first-order valence-corrected chi connectivity index (χ1v) is 5.43. The van der Waals surface area contributed by atoms with Crippen LogP contribution < -0.4 is 5.73 Å². The summed E-state index contributed by atoms with van der Waals surface area (Å²) in [6, 6.07) is 7.78. The van der Waals surface area contributed by atoms with Crippen LogP contribution in [-0.4, -0.2) is 4.98 Å². The van der Waals surface area contributed by atoms with Crippen molar-refractivity contribution in [1.82, 2.24) is 4.98 Å². The monoisotopic (exact) mass is 220 g/mol. The van der Waals surface area contributed by atoms with Crippen LogP contribution in [0.15, 0.2) is 24.3 Å². The number of aryl methyl sites for hydroxylation is 1. The van der Waals surface area contributed by atoms with Gasteiger partial charge in [-0.25, -0.2) is 4.98 Å². The molecule has 0 aliphatic heterocycles. The number of halogens is 1. The quantitative estimate of drug-likeness (QED) is 0.842. The molecule has 0 bridgehead atoms. The average Bonchev–Trinajstić information content (AvgIpc) is 2.20. The lowest BCUT2D eigenvalue weighted by molar-refractivity contribution is 0.921. The third-order valence-electron chi connectivity index (χ3n) is 2.41. The standard InChI is InChI=1S/C12H13ClN2/c1-2-3-9-6-8-4-5-10(13)7-11(8)15-12(9)14/h4-7H,2-3H2,1H3,(H2,14,15). The van der Waals surface area contributed by atoms with Crippen LogP contribution in [0.5, 0.6) is 0 Å². The van der Waals surface area contributed by atoms with Crippen molar-refractivity contribution in [3.8, 4) is 0 Å². The molecule has 1 heterocycles. The molecule has 0 saturated heterocycles. The SMILES string of the molecule is CCCc1cc2ccc(Cl)cc2nc1N. The highest BCUT2D eigenvalue weighted by Crippen LogP contribution is 2.22. The summed E-state index contributed by atoms with van der Waals surface area (Å²) >= 11 is 5.89. The Balaban J connectivity index is 2.60. The highest BCUT2D eigenvalue weighted by molar-refractivity contribution is 6.31. The summed E-state index contributed by atoms with van der Waals surface area (Å²) in [7, 11) is 0. The van der Waals surface area contributed by atoms with Crippen LogP contribution in [0.25, 0.3) is 10.9 Å². The number of fused-ring (bicyclic) bond motifs is 1. The van der Waals surface area contributed by atoms with E-state index in [1.165, 1.54) is 0 Å². The summed E-state index contributed by atoms with van der Waals surface area (Å²) in [5.74, 6) is 0.617. The molecule has 2 aromatic rings. The van der Waals surface area contributed by atoms with Crippen molar-refractivity contribution in [3.63, 3.8) is 0 Å². The minimum absolute atomic E-state index is 0.617. The van der Waals surface area contributed by atoms with Crippen LogP contribution in [0, 0.1) is 0 Å². The van der Waals surface area contributed by atoms with Crippen LogP contribution in [-0.2, 0) is 6.42 Å². The zero-order chi connectivity index (χ0) is 10.8. The number of aromatic nitrogens is 1. The molecule has 15 heavy (non-hydrogen) atoms. The van der Waals surface area contributed by atoms with Gasteiger partial charge in [0.15, 0.2) is 0 Å². The van der Waals surface area contributed by atoms with Gasteiger partial charge in [-0.2, -0.15) is 0 Å². The second-order valence-electron chi connectivity index (χ2n) is 3.62. The van der Waals surface area contributed by atoms with Gasteiger partial charge in [0.25, 0.3) is 0 Å². The first kappa shape index (κ1) is 10.2. The summed E-state index contributed by atoms with van der Waals surface area (Å²) < 4.78 is 0. The van der Waals surface area contributed by atoms with Crippen LogP contribution >= 0.6 is 11.6 Å². The largest absolute Gasteiger partial charge is 0.383 e. The minimum atomic E-state index is 0.617. The first-order chi connectivity index (χ1) is 7.20. The van der Waals surface area contributed by atoms with Crippen molar-refractivity contribution in [1.29, 1.82) is 0 Å². The van der Waals surface area contributed by atoms with Gasteiger partial charge >= 0.3 is 0 Å². The fourth-order valence-electron chi connectivity index (χ4n) is 1.67. The molecule has 1 aromatic heterocycles. The van der Waals surface area contributed by atoms with E-state index in [9.17, 15) is 0 Å². The second kappa shape index (κ2) is 4.07. The molecular weight excluding hydrogens is 208 g/mol. The fourth-order valence-corrected chi connectivity index (χ4v) is 1.83. The molecule has 3 heteroatoms. The first-order valence-electron chi connectivity index (χ1n) is 5.05. The van der Waals surface area contributed by atoms with Gasteiger partial charge in [-0.3, -0.25) is 0 Å². The Kier molecular flexibility index (Phi) is 2.78. The van der Waals surface area contributed by atoms with E-state index in [0.717, 1.165) is 29.3 Å². The lowest BCUT2D eigenvalue weighted by Crippen LogP contribution is -1.98. The van der Waals surface area contributed by atoms with Crippen molar-refractivity contribution in [3.05, 3.63) is 34.9 Å². The summed E-state index contributed by atoms with van der Waals surface area (Å²) in [6.07, 6.45) is 2.04.